The summed E-state index contributed by atoms with van der Waals surface area (Å²) in [5.74, 6) is 0.671. The van der Waals surface area contributed by atoms with Crippen molar-refractivity contribution in [3.05, 3.63) is 0 Å². The average Bonchev–Trinajstić information content (AvgIpc) is 2.45. The number of nitrogens with zero attached hydrogens (tertiary/aromatic N) is 1. The van der Waals surface area contributed by atoms with Gasteiger partial charge in [-0.2, -0.15) is 0 Å². The molecule has 2 unspecified atom stereocenters. The molecular weight excluding hydrogens is 188 g/mol. The first-order chi connectivity index (χ1) is 7.07. The number of carbonyl (C=O) groups is 1. The van der Waals surface area contributed by atoms with E-state index >= 15 is 0 Å². The third-order valence-electron chi connectivity index (χ3n) is 3.11. The van der Waals surface area contributed by atoms with Crippen molar-refractivity contribution < 1.29 is 4.79 Å². The van der Waals surface area contributed by atoms with Gasteiger partial charge in [-0.1, -0.05) is 33.6 Å². The van der Waals surface area contributed by atoms with E-state index in [4.69, 9.17) is 0 Å². The Morgan fingerprint density at radius 1 is 1.40 bits per heavy atom. The fraction of sp³-hybridized carbons (Fsp3) is 0.917. The van der Waals surface area contributed by atoms with Gasteiger partial charge in [0.2, 0.25) is 5.91 Å². The molecule has 0 aromatic carbocycles. The van der Waals surface area contributed by atoms with Crippen LogP contribution in [0.4, 0.5) is 0 Å². The van der Waals surface area contributed by atoms with Gasteiger partial charge >= 0.3 is 0 Å². The summed E-state index contributed by atoms with van der Waals surface area (Å²) < 4.78 is 0. The highest BCUT2D eigenvalue weighted by atomic mass is 16.2. The highest BCUT2D eigenvalue weighted by Crippen LogP contribution is 2.17. The largest absolute Gasteiger partial charge is 0.326 e. The van der Waals surface area contributed by atoms with Crippen LogP contribution in [0.15, 0.2) is 0 Å². The zero-order valence-electron chi connectivity index (χ0n) is 10.4. The van der Waals surface area contributed by atoms with E-state index in [0.29, 0.717) is 5.92 Å². The van der Waals surface area contributed by atoms with Gasteiger partial charge in [0.1, 0.15) is 0 Å². The topological polar surface area (TPSA) is 32.3 Å². The van der Waals surface area contributed by atoms with Crippen LogP contribution in [0.3, 0.4) is 0 Å². The summed E-state index contributed by atoms with van der Waals surface area (Å²) in [6, 6.07) is 0.0293. The highest BCUT2D eigenvalue weighted by Gasteiger charge is 2.37. The van der Waals surface area contributed by atoms with Gasteiger partial charge in [0.05, 0.1) is 12.2 Å². The summed E-state index contributed by atoms with van der Waals surface area (Å²) >= 11 is 0. The molecule has 0 spiro atoms. The summed E-state index contributed by atoms with van der Waals surface area (Å²) in [5, 5.41) is 3.36. The lowest BCUT2D eigenvalue weighted by Gasteiger charge is -2.20. The first kappa shape index (κ1) is 12.5. The number of hydrogen-bond donors (Lipinski definition) is 1. The molecule has 1 saturated heterocycles. The predicted octanol–water partition coefficient (Wildman–Crippen LogP) is 1.98. The maximum atomic E-state index is 12.0. The van der Waals surface area contributed by atoms with E-state index in [1.807, 2.05) is 4.90 Å². The smallest absolute Gasteiger partial charge is 0.241 e. The molecule has 0 saturated carbocycles. The Kier molecular flexibility index (Phi) is 4.58. The van der Waals surface area contributed by atoms with Crippen LogP contribution in [-0.2, 0) is 4.79 Å². The van der Waals surface area contributed by atoms with Crippen molar-refractivity contribution in [2.75, 3.05) is 6.54 Å². The molecule has 1 aliphatic heterocycles. The van der Waals surface area contributed by atoms with Crippen molar-refractivity contribution in [1.82, 2.24) is 10.2 Å². The van der Waals surface area contributed by atoms with Gasteiger partial charge in [0.25, 0.3) is 0 Å². The Bertz CT molecular complexity index is 216. The van der Waals surface area contributed by atoms with Crippen LogP contribution in [0.25, 0.3) is 0 Å². The van der Waals surface area contributed by atoms with E-state index in [-0.39, 0.29) is 18.1 Å². The third kappa shape index (κ3) is 2.94. The zero-order valence-corrected chi connectivity index (χ0v) is 10.4. The molecule has 88 valence electrons. The molecule has 1 rings (SSSR count). The van der Waals surface area contributed by atoms with Gasteiger partial charge in [-0.25, -0.2) is 0 Å². The Morgan fingerprint density at radius 3 is 2.53 bits per heavy atom. The van der Waals surface area contributed by atoms with E-state index < -0.39 is 0 Å². The number of unbranched alkanes of at least 4 members (excludes halogenated alkanes) is 2. The monoisotopic (exact) mass is 212 g/mol. The van der Waals surface area contributed by atoms with E-state index in [2.05, 4.69) is 33.0 Å². The molecule has 3 heteroatoms. The zero-order chi connectivity index (χ0) is 11.4. The predicted molar refractivity (Wildman–Crippen MR) is 62.5 cm³/mol. The minimum atomic E-state index is 0.0293. The second kappa shape index (κ2) is 5.50. The summed E-state index contributed by atoms with van der Waals surface area (Å²) in [4.78, 5) is 14.0. The molecule has 0 aliphatic carbocycles. The molecule has 2 atom stereocenters. The summed E-state index contributed by atoms with van der Waals surface area (Å²) in [5.41, 5.74) is 0. The van der Waals surface area contributed by atoms with Crippen LogP contribution < -0.4 is 5.32 Å². The second-order valence-corrected chi connectivity index (χ2v) is 4.80. The van der Waals surface area contributed by atoms with Crippen LogP contribution in [0.1, 0.15) is 47.0 Å². The number of amides is 1. The van der Waals surface area contributed by atoms with Gasteiger partial charge in [-0.15, -0.1) is 0 Å². The molecule has 0 aromatic heterocycles. The average molecular weight is 212 g/mol. The van der Waals surface area contributed by atoms with Crippen LogP contribution in [0.5, 0.6) is 0 Å². The Balaban J connectivity index is 2.47. The molecule has 1 N–H and O–H groups in total. The Morgan fingerprint density at radius 2 is 2.07 bits per heavy atom. The minimum Gasteiger partial charge on any atom is -0.326 e. The van der Waals surface area contributed by atoms with Crippen molar-refractivity contribution in [2.45, 2.75) is 59.2 Å². The normalized spacial score (nSPS) is 26.7. The van der Waals surface area contributed by atoms with E-state index in [0.717, 1.165) is 13.0 Å². The van der Waals surface area contributed by atoms with Crippen LogP contribution >= 0.6 is 0 Å². The Labute approximate surface area is 93.2 Å². The van der Waals surface area contributed by atoms with Gasteiger partial charge in [-0.3, -0.25) is 10.1 Å². The van der Waals surface area contributed by atoms with E-state index in [1.54, 1.807) is 0 Å². The summed E-state index contributed by atoms with van der Waals surface area (Å²) in [6.45, 7) is 9.36. The molecule has 0 radical (unpaired) electrons. The van der Waals surface area contributed by atoms with Crippen molar-refractivity contribution in [3.63, 3.8) is 0 Å². The number of carbonyl (C=O) groups excluding carboxylic acids is 1. The van der Waals surface area contributed by atoms with Gasteiger partial charge in [0, 0.05) is 6.54 Å². The molecule has 1 aliphatic rings. The lowest BCUT2D eigenvalue weighted by atomic mass is 10.1. The van der Waals surface area contributed by atoms with E-state index in [1.165, 1.54) is 12.8 Å². The van der Waals surface area contributed by atoms with Crippen molar-refractivity contribution >= 4 is 5.91 Å². The molecule has 1 heterocycles. The molecule has 1 fully saturated rings. The number of rotatable bonds is 5. The maximum absolute atomic E-state index is 12.0. The van der Waals surface area contributed by atoms with Crippen LogP contribution in [0.2, 0.25) is 0 Å². The van der Waals surface area contributed by atoms with E-state index in [9.17, 15) is 4.79 Å². The third-order valence-corrected chi connectivity index (χ3v) is 3.11. The van der Waals surface area contributed by atoms with Crippen molar-refractivity contribution in [2.24, 2.45) is 5.92 Å². The number of nitrogens with one attached hydrogen (secondary N) is 1. The molecule has 3 nitrogen and oxygen atoms in total. The lowest BCUT2D eigenvalue weighted by molar-refractivity contribution is -0.130. The summed E-state index contributed by atoms with van der Waals surface area (Å²) in [7, 11) is 0. The quantitative estimate of drug-likeness (QED) is 0.707. The fourth-order valence-electron chi connectivity index (χ4n) is 2.10. The lowest BCUT2D eigenvalue weighted by Crippen LogP contribution is -2.35. The maximum Gasteiger partial charge on any atom is 0.241 e. The second-order valence-electron chi connectivity index (χ2n) is 4.80. The van der Waals surface area contributed by atoms with Crippen molar-refractivity contribution in [3.8, 4) is 0 Å². The SMILES string of the molecule is CCCCCN1C(=O)C(C(C)C)NC1C. The first-order valence-corrected chi connectivity index (χ1v) is 6.14. The fourth-order valence-corrected chi connectivity index (χ4v) is 2.10. The van der Waals surface area contributed by atoms with Gasteiger partial charge in [0.15, 0.2) is 0 Å². The molecule has 0 bridgehead atoms. The highest BCUT2D eigenvalue weighted by molar-refractivity contribution is 5.84. The number of hydrogen-bond acceptors (Lipinski definition) is 2. The molecule has 15 heavy (non-hydrogen) atoms. The van der Waals surface area contributed by atoms with Gasteiger partial charge < -0.3 is 4.90 Å². The first-order valence-electron chi connectivity index (χ1n) is 6.14. The van der Waals surface area contributed by atoms with Gasteiger partial charge in [-0.05, 0) is 19.3 Å². The standard InChI is InChI=1S/C12H24N2O/c1-5-6-7-8-14-10(4)13-11(9(2)3)12(14)15/h9-11,13H,5-8H2,1-4H3. The molecule has 0 aromatic rings. The molecule has 1 amide bonds. The van der Waals surface area contributed by atoms with Crippen LogP contribution in [0, 0.1) is 5.92 Å². The van der Waals surface area contributed by atoms with Crippen LogP contribution in [-0.4, -0.2) is 29.6 Å². The minimum absolute atomic E-state index is 0.0293. The molecular formula is C12H24N2O. The van der Waals surface area contributed by atoms with Crippen molar-refractivity contribution in [1.29, 1.82) is 0 Å². The summed E-state index contributed by atoms with van der Waals surface area (Å²) in [6.07, 6.45) is 3.75. The Hall–Kier alpha value is -0.570.